The number of aromatic nitrogens is 1. The normalized spacial score (nSPS) is 16.0. The van der Waals surface area contributed by atoms with E-state index in [1.165, 1.54) is 5.57 Å². The van der Waals surface area contributed by atoms with Crippen LogP contribution in [-0.4, -0.2) is 44.3 Å². The van der Waals surface area contributed by atoms with Gasteiger partial charge in [0.1, 0.15) is 0 Å². The number of thiazole rings is 1. The van der Waals surface area contributed by atoms with Gasteiger partial charge in [-0.15, -0.1) is 11.3 Å². The first kappa shape index (κ1) is 18.7. The molecule has 0 aromatic carbocycles. The molecule has 2 rings (SSSR count). The SMILES string of the molecule is CN=C(NCCC1=CCOCC1)NCCc1nc(C(F)(F)F)cs1. The van der Waals surface area contributed by atoms with Gasteiger partial charge >= 0.3 is 6.18 Å². The summed E-state index contributed by atoms with van der Waals surface area (Å²) in [6.07, 6.45) is 0.0232. The lowest BCUT2D eigenvalue weighted by Gasteiger charge is -2.15. The van der Waals surface area contributed by atoms with Crippen LogP contribution in [0.1, 0.15) is 23.5 Å². The smallest absolute Gasteiger partial charge is 0.377 e. The van der Waals surface area contributed by atoms with Gasteiger partial charge in [-0.3, -0.25) is 4.99 Å². The van der Waals surface area contributed by atoms with Gasteiger partial charge in [-0.05, 0) is 12.8 Å². The van der Waals surface area contributed by atoms with Crippen molar-refractivity contribution in [3.8, 4) is 0 Å². The first-order valence-electron chi connectivity index (χ1n) is 7.71. The second-order valence-electron chi connectivity index (χ2n) is 5.24. The van der Waals surface area contributed by atoms with Gasteiger partial charge in [-0.1, -0.05) is 11.6 Å². The van der Waals surface area contributed by atoms with Gasteiger partial charge in [0.2, 0.25) is 0 Å². The van der Waals surface area contributed by atoms with Gasteiger partial charge in [0, 0.05) is 31.9 Å². The Bertz CT molecular complexity index is 584. The summed E-state index contributed by atoms with van der Waals surface area (Å²) < 4.78 is 42.7. The molecule has 0 unspecified atom stereocenters. The molecule has 1 aliphatic heterocycles. The van der Waals surface area contributed by atoms with Gasteiger partial charge in [0.25, 0.3) is 0 Å². The maximum absolute atomic E-state index is 12.5. The molecule has 0 fully saturated rings. The van der Waals surface area contributed by atoms with E-state index in [1.54, 1.807) is 7.05 Å². The second-order valence-corrected chi connectivity index (χ2v) is 6.18. The van der Waals surface area contributed by atoms with Crippen LogP contribution in [0.2, 0.25) is 0 Å². The highest BCUT2D eigenvalue weighted by Gasteiger charge is 2.33. The highest BCUT2D eigenvalue weighted by molar-refractivity contribution is 7.09. The summed E-state index contributed by atoms with van der Waals surface area (Å²) in [7, 11) is 1.66. The third kappa shape index (κ3) is 6.12. The van der Waals surface area contributed by atoms with Crippen LogP contribution < -0.4 is 10.6 Å². The molecule has 134 valence electrons. The summed E-state index contributed by atoms with van der Waals surface area (Å²) in [5.41, 5.74) is 0.543. The fraction of sp³-hybridized carbons (Fsp3) is 0.600. The molecular formula is C15H21F3N4OS. The van der Waals surface area contributed by atoms with Gasteiger partial charge in [-0.25, -0.2) is 4.98 Å². The van der Waals surface area contributed by atoms with Crippen molar-refractivity contribution in [2.75, 3.05) is 33.4 Å². The molecular weight excluding hydrogens is 341 g/mol. The zero-order valence-electron chi connectivity index (χ0n) is 13.4. The van der Waals surface area contributed by atoms with Crippen LogP contribution in [0, 0.1) is 0 Å². The first-order chi connectivity index (χ1) is 11.5. The lowest BCUT2D eigenvalue weighted by atomic mass is 10.1. The summed E-state index contributed by atoms with van der Waals surface area (Å²) in [6, 6.07) is 0. The number of rotatable bonds is 6. The average Bonchev–Trinajstić information content (AvgIpc) is 3.03. The molecule has 9 heteroatoms. The number of hydrogen-bond acceptors (Lipinski definition) is 4. The van der Waals surface area contributed by atoms with Crippen LogP contribution >= 0.6 is 11.3 Å². The van der Waals surface area contributed by atoms with Crippen molar-refractivity contribution in [1.29, 1.82) is 0 Å². The number of guanidine groups is 1. The number of hydrogen-bond donors (Lipinski definition) is 2. The van der Waals surface area contributed by atoms with E-state index in [9.17, 15) is 13.2 Å². The summed E-state index contributed by atoms with van der Waals surface area (Å²) >= 11 is 1.02. The van der Waals surface area contributed by atoms with Crippen LogP contribution in [0.5, 0.6) is 0 Å². The Labute approximate surface area is 143 Å². The Morgan fingerprint density at radius 1 is 1.33 bits per heavy atom. The summed E-state index contributed by atoms with van der Waals surface area (Å²) in [5, 5.41) is 7.78. The fourth-order valence-electron chi connectivity index (χ4n) is 2.20. The maximum atomic E-state index is 12.5. The van der Waals surface area contributed by atoms with E-state index in [4.69, 9.17) is 4.74 Å². The van der Waals surface area contributed by atoms with Gasteiger partial charge < -0.3 is 15.4 Å². The minimum Gasteiger partial charge on any atom is -0.377 e. The lowest BCUT2D eigenvalue weighted by Crippen LogP contribution is -2.38. The molecule has 24 heavy (non-hydrogen) atoms. The topological polar surface area (TPSA) is 58.5 Å². The van der Waals surface area contributed by atoms with Crippen molar-refractivity contribution in [3.05, 3.63) is 27.7 Å². The van der Waals surface area contributed by atoms with Gasteiger partial charge in [-0.2, -0.15) is 13.2 Å². The first-order valence-corrected chi connectivity index (χ1v) is 8.59. The Hall–Kier alpha value is -1.61. The third-order valence-electron chi connectivity index (χ3n) is 3.49. The molecule has 0 amide bonds. The van der Waals surface area contributed by atoms with E-state index >= 15 is 0 Å². The van der Waals surface area contributed by atoms with E-state index in [1.807, 2.05) is 0 Å². The predicted molar refractivity (Wildman–Crippen MR) is 88.3 cm³/mol. The highest BCUT2D eigenvalue weighted by atomic mass is 32.1. The van der Waals surface area contributed by atoms with Crippen molar-refractivity contribution in [1.82, 2.24) is 15.6 Å². The lowest BCUT2D eigenvalue weighted by molar-refractivity contribution is -0.140. The number of alkyl halides is 3. The second kappa shape index (κ2) is 9.03. The van der Waals surface area contributed by atoms with Crippen molar-refractivity contribution in [3.63, 3.8) is 0 Å². The Balaban J connectivity index is 1.68. The van der Waals surface area contributed by atoms with Crippen LogP contribution in [0.4, 0.5) is 13.2 Å². The van der Waals surface area contributed by atoms with E-state index in [-0.39, 0.29) is 0 Å². The number of nitrogens with zero attached hydrogens (tertiary/aromatic N) is 2. The standard InChI is InChI=1S/C15H21F3N4OS/c1-19-14(20-6-2-11-4-8-23-9-5-11)21-7-3-13-22-12(10-24-13)15(16,17)18/h4,10H,2-3,5-9H2,1H3,(H2,19,20,21). The molecule has 1 aliphatic rings. The zero-order chi connectivity index (χ0) is 17.4. The molecule has 0 spiro atoms. The molecule has 0 atom stereocenters. The Morgan fingerprint density at radius 3 is 2.67 bits per heavy atom. The van der Waals surface area contributed by atoms with Crippen LogP contribution in [0.3, 0.4) is 0 Å². The van der Waals surface area contributed by atoms with Crippen molar-refractivity contribution in [2.24, 2.45) is 4.99 Å². The zero-order valence-corrected chi connectivity index (χ0v) is 14.3. The van der Waals surface area contributed by atoms with E-state index in [0.717, 1.165) is 42.7 Å². The summed E-state index contributed by atoms with van der Waals surface area (Å²) in [5.74, 6) is 0.635. The van der Waals surface area contributed by atoms with Gasteiger partial charge in [0.15, 0.2) is 11.7 Å². The Morgan fingerprint density at radius 2 is 2.08 bits per heavy atom. The third-order valence-corrected chi connectivity index (χ3v) is 4.40. The average molecular weight is 362 g/mol. The molecule has 1 aromatic heterocycles. The van der Waals surface area contributed by atoms with Crippen LogP contribution in [-0.2, 0) is 17.3 Å². The fourth-order valence-corrected chi connectivity index (χ4v) is 3.00. The molecule has 2 N–H and O–H groups in total. The number of nitrogens with one attached hydrogen (secondary N) is 2. The summed E-state index contributed by atoms with van der Waals surface area (Å²) in [4.78, 5) is 7.70. The monoisotopic (exact) mass is 362 g/mol. The molecule has 0 saturated carbocycles. The minimum absolute atomic E-state index is 0.421. The van der Waals surface area contributed by atoms with E-state index in [0.29, 0.717) is 30.5 Å². The quantitative estimate of drug-likeness (QED) is 0.464. The van der Waals surface area contributed by atoms with Crippen molar-refractivity contribution >= 4 is 17.3 Å². The Kier molecular flexibility index (Phi) is 7.04. The molecule has 1 aromatic rings. The summed E-state index contributed by atoms with van der Waals surface area (Å²) in [6.45, 7) is 2.67. The largest absolute Gasteiger partial charge is 0.434 e. The number of aliphatic imine (C=N–C) groups is 1. The van der Waals surface area contributed by atoms with Crippen LogP contribution in [0.15, 0.2) is 22.0 Å². The van der Waals surface area contributed by atoms with Crippen LogP contribution in [0.25, 0.3) is 0 Å². The predicted octanol–water partition coefficient (Wildman–Crippen LogP) is 2.61. The maximum Gasteiger partial charge on any atom is 0.434 e. The molecule has 0 bridgehead atoms. The molecule has 0 saturated heterocycles. The molecule has 0 radical (unpaired) electrons. The van der Waals surface area contributed by atoms with E-state index < -0.39 is 11.9 Å². The van der Waals surface area contributed by atoms with Gasteiger partial charge in [0.05, 0.1) is 18.2 Å². The highest BCUT2D eigenvalue weighted by Crippen LogP contribution is 2.29. The number of halogens is 3. The molecule has 5 nitrogen and oxygen atoms in total. The minimum atomic E-state index is -4.38. The van der Waals surface area contributed by atoms with E-state index in [2.05, 4.69) is 26.7 Å². The van der Waals surface area contributed by atoms with Crippen molar-refractivity contribution in [2.45, 2.75) is 25.4 Å². The van der Waals surface area contributed by atoms with Crippen molar-refractivity contribution < 1.29 is 17.9 Å². The molecule has 2 heterocycles. The molecule has 0 aliphatic carbocycles. The number of ether oxygens (including phenoxy) is 1.